The first-order valence-corrected chi connectivity index (χ1v) is 50.0. The number of aromatic hydroxyl groups is 1. The van der Waals surface area contributed by atoms with Crippen molar-refractivity contribution >= 4 is 11.7 Å². The number of esters is 1. The van der Waals surface area contributed by atoms with Crippen molar-refractivity contribution in [2.45, 2.75) is 113 Å². The summed E-state index contributed by atoms with van der Waals surface area (Å²) in [4.78, 5) is 38.2. The molecule has 13 aromatic rings. The van der Waals surface area contributed by atoms with Crippen LogP contribution < -0.4 is 80.5 Å². The summed E-state index contributed by atoms with van der Waals surface area (Å²) in [5, 5.41) is 22.8. The lowest BCUT2D eigenvalue weighted by Crippen LogP contribution is -2.34. The van der Waals surface area contributed by atoms with E-state index in [0.717, 1.165) is 165 Å². The van der Waals surface area contributed by atoms with E-state index in [9.17, 15) is 20.0 Å². The second-order valence-corrected chi connectivity index (χ2v) is 39.2. The zero-order valence-corrected chi connectivity index (χ0v) is 86.1. The predicted molar refractivity (Wildman–Crippen MR) is 560 cm³/mol. The molecule has 0 amide bonds. The van der Waals surface area contributed by atoms with Crippen LogP contribution in [-0.4, -0.2) is 198 Å². The minimum atomic E-state index is -0.666. The van der Waals surface area contributed by atoms with Crippen LogP contribution in [0.5, 0.6) is 138 Å². The Labute approximate surface area is 857 Å². The van der Waals surface area contributed by atoms with Gasteiger partial charge >= 0.3 is 5.97 Å². The van der Waals surface area contributed by atoms with Crippen LogP contribution in [0, 0.1) is 10.1 Å². The Bertz CT molecular complexity index is 7120. The molecule has 12 heterocycles. The van der Waals surface area contributed by atoms with Gasteiger partial charge in [0.25, 0.3) is 5.69 Å². The van der Waals surface area contributed by atoms with Crippen LogP contribution in [0.25, 0.3) is 0 Å². The Hall–Kier alpha value is -14.9. The molecule has 0 fully saturated rings. The average molecular weight is 1990 g/mol. The number of nitro benzene ring substituents is 1. The summed E-state index contributed by atoms with van der Waals surface area (Å²) in [6.45, 7) is 5.34. The van der Waals surface area contributed by atoms with Crippen LogP contribution in [0.3, 0.4) is 0 Å². The molecule has 0 spiro atoms. The van der Waals surface area contributed by atoms with Crippen molar-refractivity contribution in [3.8, 4) is 138 Å². The lowest BCUT2D eigenvalue weighted by molar-refractivity contribution is -0.384. The van der Waals surface area contributed by atoms with Crippen molar-refractivity contribution in [2.75, 3.05) is 153 Å². The third-order valence-corrected chi connectivity index (χ3v) is 30.7. The molecule has 0 saturated heterocycles. The van der Waals surface area contributed by atoms with Gasteiger partial charge in [-0.3, -0.25) is 39.5 Å². The lowest BCUT2D eigenvalue weighted by Gasteiger charge is -2.37. The van der Waals surface area contributed by atoms with E-state index >= 15 is 0 Å². The smallest absolute Gasteiger partial charge is 0.343 e. The van der Waals surface area contributed by atoms with Gasteiger partial charge in [-0.25, -0.2) is 4.79 Å². The van der Waals surface area contributed by atoms with Gasteiger partial charge in [0.05, 0.1) is 81.6 Å². The summed E-state index contributed by atoms with van der Waals surface area (Å²) >= 11 is 0. The van der Waals surface area contributed by atoms with E-state index < -0.39 is 10.9 Å². The molecular formula is C119H125N7O21. The number of carbonyl (C=O) groups is 1. The molecule has 18 bridgehead atoms. The van der Waals surface area contributed by atoms with Gasteiger partial charge in [0.1, 0.15) is 17.2 Å². The van der Waals surface area contributed by atoms with Crippen molar-refractivity contribution in [1.82, 2.24) is 29.4 Å². The highest BCUT2D eigenvalue weighted by Crippen LogP contribution is 2.58. The summed E-state index contributed by atoms with van der Waals surface area (Å²) in [7, 11) is 29.5. The van der Waals surface area contributed by atoms with Crippen molar-refractivity contribution in [3.05, 3.63) is 322 Å². The molecule has 6 atom stereocenters. The largest absolute Gasteiger partial charge is 0.502 e. The zero-order valence-electron chi connectivity index (χ0n) is 86.1. The molecule has 2 unspecified atom stereocenters. The Morgan fingerprint density at radius 1 is 0.293 bits per heavy atom. The normalized spacial score (nSPS) is 18.7. The van der Waals surface area contributed by atoms with Crippen LogP contribution >= 0.6 is 0 Å². The number of non-ortho nitro benzene ring substituents is 1. The number of rotatable bonds is 13. The number of phenols is 1. The fourth-order valence-corrected chi connectivity index (χ4v) is 22.4. The average Bonchev–Trinajstić information content (AvgIpc) is 0.753. The third-order valence-electron chi connectivity index (χ3n) is 30.7. The van der Waals surface area contributed by atoms with E-state index in [2.05, 4.69) is 169 Å². The quantitative estimate of drug-likeness (QED) is 0.0487. The monoisotopic (exact) mass is 1990 g/mol. The highest BCUT2D eigenvalue weighted by atomic mass is 16.6. The number of hydrogen-bond acceptors (Lipinski definition) is 27. The van der Waals surface area contributed by atoms with E-state index in [1.165, 1.54) is 74.3 Å². The standard InChI is InChI=1S/C44H43N3O9.C38H42N2O6.C37H40N2O6/c1-45-18-16-29-23-37(51-3)39-25-33(29)34(45)20-26-6-13-32(14-7-26)54-38-22-27(8-15-36(38)56-44(48)28-9-11-31(12-10-28)47(49)50)21-35-41-30(17-19-46(35)2)24-40(52-4)42(53-5)43(41)55-39;1-39-15-13-25-20-32(42-4)34-22-28(25)29(39)17-23-7-10-27(11-8-23)45-33-19-24(9-12-31(33)41-3)18-30-36-26(14-16-40(30)2)21-35(43-5)37(44-6)38(36)46-34;1-38-14-12-24-19-31(42-4)33-21-27(24)28(38)16-22-6-9-26(10-7-22)44-32-18-23(8-11-30(32)41-3)17-29-35-25(13-15-39(29)2)20-34(43-5)36(40)37(35)45-33/h6-15,22-25,34-35H,16-21H2,1-5H3;7-12,19-22,29-30H,13-18H2,1-6H3;6-11,18-21,28-29,40H,12-17H2,1-5H3/t34-,35?;29-,30?;28-,29-/m000/s1. The first-order valence-electron chi connectivity index (χ1n) is 50.0. The van der Waals surface area contributed by atoms with Crippen LogP contribution in [0.2, 0.25) is 0 Å². The fourth-order valence-electron chi connectivity index (χ4n) is 22.4. The van der Waals surface area contributed by atoms with Gasteiger partial charge in [0.15, 0.2) is 103 Å². The second-order valence-electron chi connectivity index (χ2n) is 39.2. The topological polar surface area (TPSA) is 257 Å². The molecule has 0 saturated carbocycles. The third kappa shape index (κ3) is 20.0. The van der Waals surface area contributed by atoms with Gasteiger partial charge in [-0.15, -0.1) is 0 Å². The molecule has 25 rings (SSSR count). The van der Waals surface area contributed by atoms with Crippen molar-refractivity contribution < 1.29 is 95.4 Å². The maximum atomic E-state index is 13.3. The molecule has 762 valence electrons. The number of methoxy groups -OCH3 is 10. The predicted octanol–water partition coefficient (Wildman–Crippen LogP) is 22.3. The van der Waals surface area contributed by atoms with Crippen LogP contribution in [0.4, 0.5) is 5.69 Å². The fraction of sp³-hybridized carbons (Fsp3) is 0.336. The van der Waals surface area contributed by atoms with Crippen LogP contribution in [0.15, 0.2) is 206 Å². The van der Waals surface area contributed by atoms with Crippen LogP contribution in [-0.2, 0) is 77.0 Å². The van der Waals surface area contributed by atoms with Crippen LogP contribution in [0.1, 0.15) is 147 Å². The second kappa shape index (κ2) is 42.6. The number of ether oxygens (including phenoxy) is 17. The molecule has 13 aromatic carbocycles. The van der Waals surface area contributed by atoms with E-state index in [-0.39, 0.29) is 59.0 Å². The Morgan fingerprint density at radius 2 is 0.565 bits per heavy atom. The van der Waals surface area contributed by atoms with E-state index in [1.54, 1.807) is 77.2 Å². The van der Waals surface area contributed by atoms with Crippen molar-refractivity contribution in [3.63, 3.8) is 0 Å². The summed E-state index contributed by atoms with van der Waals surface area (Å²) in [5.74, 6) is 12.9. The number of phenolic OH excluding ortho intramolecular Hbond substituents is 1. The van der Waals surface area contributed by atoms with Gasteiger partial charge in [0.2, 0.25) is 17.2 Å². The molecule has 0 radical (unpaired) electrons. The minimum absolute atomic E-state index is 0.000437. The van der Waals surface area contributed by atoms with Gasteiger partial charge in [-0.2, -0.15) is 0 Å². The maximum Gasteiger partial charge on any atom is 0.343 e. The SMILES string of the molecule is COc1cc2c3cc1Oc1c(OC)c(OC)cc4c1C(Cc1ccc(OC(=O)c5ccc([N+](=O)[O-])cc5)c(c1)Oc1ccc(cc1)C[C@@H]3N(C)CC2)N(C)CC4.COc1ccc2cc1Oc1ccc(cc1)C[C@H]1c3cc(c(OC)cc3CCN1C)Oc1c(O)c(OC)cc3c1[C@H](C2)N(C)CC3.COc1ccc2cc1Oc1ccc(cc1)C[C@H]1c3cc(c(OC)cc3CCN1C)Oc1c(OC)c(OC)cc3c1C(C2)N(C)CC3. The summed E-state index contributed by atoms with van der Waals surface area (Å²) in [6.07, 6.45) is 9.52. The number of nitrogens with zero attached hydrogens (tertiary/aromatic N) is 7. The number of nitro groups is 1. The van der Waals surface area contributed by atoms with Crippen molar-refractivity contribution in [2.24, 2.45) is 0 Å². The zero-order chi connectivity index (χ0) is 102. The lowest BCUT2D eigenvalue weighted by atomic mass is 9.87. The summed E-state index contributed by atoms with van der Waals surface area (Å²) in [5.41, 5.74) is 20.5. The van der Waals surface area contributed by atoms with Gasteiger partial charge < -0.3 is 85.6 Å². The number of carbonyl (C=O) groups excluding carboxylic acids is 1. The molecule has 28 heteroatoms. The number of hydrogen-bond donors (Lipinski definition) is 1. The van der Waals surface area contributed by atoms with E-state index in [4.69, 9.17) is 80.5 Å². The Balaban J connectivity index is 0.000000135. The molecule has 12 aliphatic heterocycles. The number of fused-ring (bicyclic) bond motifs is 6. The highest BCUT2D eigenvalue weighted by Gasteiger charge is 2.41. The molecule has 12 aliphatic rings. The van der Waals surface area contributed by atoms with Crippen molar-refractivity contribution in [1.29, 1.82) is 0 Å². The number of benzene rings is 13. The Morgan fingerprint density at radius 3 is 0.891 bits per heavy atom. The van der Waals surface area contributed by atoms with E-state index in [0.29, 0.717) is 128 Å². The first-order chi connectivity index (χ1) is 71.4. The highest BCUT2D eigenvalue weighted by molar-refractivity contribution is 5.91. The van der Waals surface area contributed by atoms with Gasteiger partial charge in [-0.1, -0.05) is 54.6 Å². The maximum absolute atomic E-state index is 13.3. The molecule has 1 N–H and O–H groups in total. The molecular weight excluding hydrogens is 1860 g/mol. The summed E-state index contributed by atoms with van der Waals surface area (Å²) in [6, 6.07) is 66.8. The summed E-state index contributed by atoms with van der Waals surface area (Å²) < 4.78 is 105. The molecule has 147 heavy (non-hydrogen) atoms. The van der Waals surface area contributed by atoms with E-state index in [1.807, 2.05) is 78.9 Å². The molecule has 28 nitrogen and oxygen atoms in total. The van der Waals surface area contributed by atoms with Gasteiger partial charge in [0, 0.05) is 104 Å². The Kier molecular flexibility index (Phi) is 28.8. The van der Waals surface area contributed by atoms with Gasteiger partial charge in [-0.05, 0) is 342 Å². The minimum Gasteiger partial charge on any atom is -0.502 e. The molecule has 0 aliphatic carbocycles. The first kappa shape index (κ1) is 99.4. The number of likely N-dealkylation sites (N-methyl/N-ethyl adjacent to an activating group) is 6. The molecule has 0 aromatic heterocycles.